The molecule has 0 radical (unpaired) electrons. The summed E-state index contributed by atoms with van der Waals surface area (Å²) in [6, 6.07) is 9.09. The molecule has 0 saturated carbocycles. The fourth-order valence-corrected chi connectivity index (χ4v) is 3.09. The van der Waals surface area contributed by atoms with Gasteiger partial charge in [0.25, 0.3) is 0 Å². The molecule has 0 unspecified atom stereocenters. The van der Waals surface area contributed by atoms with E-state index >= 15 is 0 Å². The van der Waals surface area contributed by atoms with Crippen molar-refractivity contribution in [1.29, 1.82) is 0 Å². The molecule has 27 heavy (non-hydrogen) atoms. The Labute approximate surface area is 154 Å². The van der Waals surface area contributed by atoms with Crippen molar-refractivity contribution in [2.24, 2.45) is 0 Å². The summed E-state index contributed by atoms with van der Waals surface area (Å²) in [5.74, 6) is -1.60. The first kappa shape index (κ1) is 18.9. The number of pyridine rings is 1. The van der Waals surface area contributed by atoms with E-state index in [2.05, 4.69) is 15.6 Å². The molecule has 1 aliphatic rings. The molecule has 8 heteroatoms. The van der Waals surface area contributed by atoms with E-state index in [0.717, 1.165) is 23.4 Å². The molecule has 1 aliphatic carbocycles. The van der Waals surface area contributed by atoms with Crippen molar-refractivity contribution >= 4 is 11.8 Å². The molecule has 1 heterocycles. The molecular formula is C19H18F3N3O2. The van der Waals surface area contributed by atoms with E-state index in [4.69, 9.17) is 0 Å². The van der Waals surface area contributed by atoms with Gasteiger partial charge in [0.1, 0.15) is 5.69 Å². The molecule has 2 aromatic rings. The number of nitrogens with zero attached hydrogens (tertiary/aromatic N) is 1. The predicted octanol–water partition coefficient (Wildman–Crippen LogP) is 2.56. The van der Waals surface area contributed by atoms with Crippen LogP contribution in [0.4, 0.5) is 13.2 Å². The highest BCUT2D eigenvalue weighted by Crippen LogP contribution is 2.28. The molecule has 1 aromatic carbocycles. The zero-order valence-corrected chi connectivity index (χ0v) is 14.5. The second kappa shape index (κ2) is 7.38. The quantitative estimate of drug-likeness (QED) is 0.808. The van der Waals surface area contributed by atoms with Gasteiger partial charge in [-0.3, -0.25) is 14.6 Å². The van der Waals surface area contributed by atoms with Crippen LogP contribution in [0.3, 0.4) is 0 Å². The summed E-state index contributed by atoms with van der Waals surface area (Å²) in [5.41, 5.74) is 1.65. The summed E-state index contributed by atoms with van der Waals surface area (Å²) in [5, 5.41) is 5.17. The van der Waals surface area contributed by atoms with Crippen molar-refractivity contribution in [3.05, 3.63) is 65.0 Å². The predicted molar refractivity (Wildman–Crippen MR) is 91.6 cm³/mol. The van der Waals surface area contributed by atoms with Gasteiger partial charge in [0.05, 0.1) is 6.04 Å². The smallest absolute Gasteiger partial charge is 0.344 e. The molecule has 0 aliphatic heterocycles. The molecule has 1 atom stereocenters. The Morgan fingerprint density at radius 1 is 1.07 bits per heavy atom. The van der Waals surface area contributed by atoms with E-state index in [0.29, 0.717) is 18.4 Å². The normalized spacial score (nSPS) is 15.1. The molecule has 0 spiro atoms. The molecule has 2 N–H and O–H groups in total. The monoisotopic (exact) mass is 377 g/mol. The third kappa shape index (κ3) is 4.45. The minimum absolute atomic E-state index is 0.149. The van der Waals surface area contributed by atoms with Gasteiger partial charge in [0.15, 0.2) is 0 Å². The third-order valence-electron chi connectivity index (χ3n) is 4.52. The van der Waals surface area contributed by atoms with Crippen LogP contribution in [0.25, 0.3) is 0 Å². The van der Waals surface area contributed by atoms with Crippen molar-refractivity contribution in [1.82, 2.24) is 15.6 Å². The zero-order chi connectivity index (χ0) is 19.6. The molecule has 0 saturated heterocycles. The molecule has 0 fully saturated rings. The lowest BCUT2D eigenvalue weighted by Crippen LogP contribution is -2.45. The van der Waals surface area contributed by atoms with Crippen LogP contribution in [-0.2, 0) is 28.6 Å². The van der Waals surface area contributed by atoms with E-state index in [-0.39, 0.29) is 6.04 Å². The van der Waals surface area contributed by atoms with Gasteiger partial charge in [-0.15, -0.1) is 0 Å². The third-order valence-corrected chi connectivity index (χ3v) is 4.52. The molecule has 1 aromatic heterocycles. The number of benzene rings is 1. The van der Waals surface area contributed by atoms with E-state index in [1.807, 2.05) is 24.3 Å². The Balaban J connectivity index is 1.54. The topological polar surface area (TPSA) is 71.1 Å². The van der Waals surface area contributed by atoms with Crippen LogP contribution < -0.4 is 10.6 Å². The minimum atomic E-state index is -4.52. The van der Waals surface area contributed by atoms with Crippen molar-refractivity contribution < 1.29 is 22.8 Å². The van der Waals surface area contributed by atoms with Crippen LogP contribution in [-0.4, -0.2) is 22.8 Å². The van der Waals surface area contributed by atoms with Gasteiger partial charge in [0, 0.05) is 12.2 Å². The molecule has 142 valence electrons. The van der Waals surface area contributed by atoms with Crippen LogP contribution in [0.1, 0.15) is 35.3 Å². The zero-order valence-electron chi connectivity index (χ0n) is 14.5. The van der Waals surface area contributed by atoms with Gasteiger partial charge >= 0.3 is 18.0 Å². The second-order valence-electron chi connectivity index (χ2n) is 6.52. The highest BCUT2D eigenvalue weighted by molar-refractivity contribution is 6.35. The van der Waals surface area contributed by atoms with Crippen LogP contribution in [0.15, 0.2) is 42.6 Å². The molecule has 0 bridgehead atoms. The van der Waals surface area contributed by atoms with Crippen molar-refractivity contribution in [2.45, 2.75) is 38.0 Å². The van der Waals surface area contributed by atoms with Gasteiger partial charge in [-0.25, -0.2) is 0 Å². The van der Waals surface area contributed by atoms with Crippen molar-refractivity contribution in [3.63, 3.8) is 0 Å². The van der Waals surface area contributed by atoms with E-state index < -0.39 is 29.7 Å². The lowest BCUT2D eigenvalue weighted by molar-refractivity contribution is -0.141. The SMILES string of the molecule is C[C@H](NC(=O)C(=O)NC1Cc2ccccc2C1)c1ccc(C(F)(F)F)nc1. The van der Waals surface area contributed by atoms with Crippen LogP contribution in [0.5, 0.6) is 0 Å². The maximum Gasteiger partial charge on any atom is 0.433 e. The Kier molecular flexibility index (Phi) is 5.16. The number of hydrogen-bond donors (Lipinski definition) is 2. The first-order chi connectivity index (χ1) is 12.7. The average Bonchev–Trinajstić information content (AvgIpc) is 3.03. The Hall–Kier alpha value is -2.90. The molecular weight excluding hydrogens is 359 g/mol. The Morgan fingerprint density at radius 3 is 2.22 bits per heavy atom. The first-order valence-electron chi connectivity index (χ1n) is 8.45. The maximum absolute atomic E-state index is 12.5. The van der Waals surface area contributed by atoms with E-state index in [1.165, 1.54) is 6.07 Å². The Bertz CT molecular complexity index is 825. The number of fused-ring (bicyclic) bond motifs is 1. The highest BCUT2D eigenvalue weighted by Gasteiger charge is 2.32. The summed E-state index contributed by atoms with van der Waals surface area (Å²) in [4.78, 5) is 27.6. The summed E-state index contributed by atoms with van der Waals surface area (Å²) in [6.45, 7) is 1.57. The van der Waals surface area contributed by atoms with Crippen LogP contribution >= 0.6 is 0 Å². The molecule has 2 amide bonds. The van der Waals surface area contributed by atoms with Crippen molar-refractivity contribution in [2.75, 3.05) is 0 Å². The van der Waals surface area contributed by atoms with Crippen molar-refractivity contribution in [3.8, 4) is 0 Å². The summed E-state index contributed by atoms with van der Waals surface area (Å²) in [6.07, 6.45) is -2.16. The fraction of sp³-hybridized carbons (Fsp3) is 0.316. The van der Waals surface area contributed by atoms with Crippen LogP contribution in [0.2, 0.25) is 0 Å². The minimum Gasteiger partial charge on any atom is -0.344 e. The first-order valence-corrected chi connectivity index (χ1v) is 8.45. The van der Waals surface area contributed by atoms with Gasteiger partial charge in [-0.1, -0.05) is 30.3 Å². The van der Waals surface area contributed by atoms with Gasteiger partial charge < -0.3 is 10.6 Å². The maximum atomic E-state index is 12.5. The van der Waals surface area contributed by atoms with Crippen LogP contribution in [0, 0.1) is 0 Å². The summed E-state index contributed by atoms with van der Waals surface area (Å²) in [7, 11) is 0. The number of carbonyl (C=O) groups excluding carboxylic acids is 2. The molecule has 5 nitrogen and oxygen atoms in total. The number of amides is 2. The number of carbonyl (C=O) groups is 2. The number of aromatic nitrogens is 1. The van der Waals surface area contributed by atoms with Gasteiger partial charge in [-0.05, 0) is 42.5 Å². The van der Waals surface area contributed by atoms with E-state index in [1.54, 1.807) is 6.92 Å². The largest absolute Gasteiger partial charge is 0.433 e. The second-order valence-corrected chi connectivity index (χ2v) is 6.52. The number of nitrogens with one attached hydrogen (secondary N) is 2. The summed E-state index contributed by atoms with van der Waals surface area (Å²) < 4.78 is 37.6. The average molecular weight is 377 g/mol. The van der Waals surface area contributed by atoms with Gasteiger partial charge in [-0.2, -0.15) is 13.2 Å². The van der Waals surface area contributed by atoms with Gasteiger partial charge in [0.2, 0.25) is 0 Å². The number of hydrogen-bond acceptors (Lipinski definition) is 3. The highest BCUT2D eigenvalue weighted by atomic mass is 19.4. The van der Waals surface area contributed by atoms with E-state index in [9.17, 15) is 22.8 Å². The fourth-order valence-electron chi connectivity index (χ4n) is 3.09. The number of alkyl halides is 3. The Morgan fingerprint density at radius 2 is 1.70 bits per heavy atom. The standard InChI is InChI=1S/C19H18F3N3O2/c1-11(14-6-7-16(23-10-14)19(20,21)22)24-17(26)18(27)25-15-8-12-4-2-3-5-13(12)9-15/h2-7,10-11,15H,8-9H2,1H3,(H,24,26)(H,25,27)/t11-/m0/s1. The number of halogens is 3. The lowest BCUT2D eigenvalue weighted by Gasteiger charge is -2.16. The number of rotatable bonds is 3. The molecule has 3 rings (SSSR count). The lowest BCUT2D eigenvalue weighted by atomic mass is 10.1. The summed E-state index contributed by atoms with van der Waals surface area (Å²) >= 11 is 0.